The Hall–Kier alpha value is -1.65. The van der Waals surface area contributed by atoms with Gasteiger partial charge in [-0.05, 0) is 12.5 Å². The van der Waals surface area contributed by atoms with E-state index in [4.69, 9.17) is 9.84 Å². The highest BCUT2D eigenvalue weighted by Crippen LogP contribution is 2.50. The van der Waals surface area contributed by atoms with Crippen LogP contribution in [0.5, 0.6) is 5.75 Å². The lowest BCUT2D eigenvalue weighted by molar-refractivity contribution is -0.138. The second-order valence-electron chi connectivity index (χ2n) is 3.80. The number of methoxy groups -OCH3 is 1. The lowest BCUT2D eigenvalue weighted by Gasteiger charge is -2.08. The molecule has 0 amide bonds. The fourth-order valence-corrected chi connectivity index (χ4v) is 1.82. The molecule has 0 spiro atoms. The number of carbonyl (C=O) groups is 1. The lowest BCUT2D eigenvalue weighted by Crippen LogP contribution is -2.01. The van der Waals surface area contributed by atoms with E-state index in [1.165, 1.54) is 7.11 Å². The van der Waals surface area contributed by atoms with Gasteiger partial charge in [-0.2, -0.15) is 0 Å². The normalized spacial score (nSPS) is 22.9. The summed E-state index contributed by atoms with van der Waals surface area (Å²) < 4.78 is 30.9. The average Bonchev–Trinajstić information content (AvgIpc) is 3.01. The molecule has 0 saturated heterocycles. The van der Waals surface area contributed by atoms with Crippen molar-refractivity contribution < 1.29 is 23.4 Å². The van der Waals surface area contributed by atoms with Crippen LogP contribution in [0.2, 0.25) is 0 Å². The van der Waals surface area contributed by atoms with E-state index in [1.807, 2.05) is 0 Å². The first-order chi connectivity index (χ1) is 7.54. The van der Waals surface area contributed by atoms with Gasteiger partial charge in [-0.3, -0.25) is 4.79 Å². The molecule has 3 nitrogen and oxygen atoms in total. The van der Waals surface area contributed by atoms with Crippen LogP contribution in [-0.4, -0.2) is 18.2 Å². The van der Waals surface area contributed by atoms with Crippen molar-refractivity contribution in [3.8, 4) is 5.75 Å². The summed E-state index contributed by atoms with van der Waals surface area (Å²) in [5.41, 5.74) is 0.425. The molecule has 86 valence electrons. The summed E-state index contributed by atoms with van der Waals surface area (Å²) in [4.78, 5) is 10.7. The van der Waals surface area contributed by atoms with Crippen LogP contribution in [0.3, 0.4) is 0 Å². The standard InChI is InChI=1S/C11H10F2O3/c1-16-10-4-9(13)8(12)3-6(10)5-2-7(5)11(14)15/h3-5,7H,2H2,1H3,(H,14,15)/t5-,7+/m0/s1. The Labute approximate surface area is 90.7 Å². The number of benzene rings is 1. The zero-order valence-electron chi connectivity index (χ0n) is 8.54. The van der Waals surface area contributed by atoms with Gasteiger partial charge in [-0.15, -0.1) is 0 Å². The minimum absolute atomic E-state index is 0.202. The molecule has 0 heterocycles. The van der Waals surface area contributed by atoms with Crippen molar-refractivity contribution in [1.82, 2.24) is 0 Å². The van der Waals surface area contributed by atoms with Gasteiger partial charge in [-0.1, -0.05) is 0 Å². The number of ether oxygens (including phenoxy) is 1. The summed E-state index contributed by atoms with van der Waals surface area (Å²) in [6, 6.07) is 1.96. The maximum Gasteiger partial charge on any atom is 0.307 e. The third kappa shape index (κ3) is 1.73. The Balaban J connectivity index is 2.34. The van der Waals surface area contributed by atoms with Gasteiger partial charge in [0.25, 0.3) is 0 Å². The molecule has 1 aliphatic carbocycles. The number of hydrogen-bond donors (Lipinski definition) is 1. The van der Waals surface area contributed by atoms with Crippen molar-refractivity contribution in [3.63, 3.8) is 0 Å². The molecule has 5 heteroatoms. The molecule has 0 radical (unpaired) electrons. The van der Waals surface area contributed by atoms with E-state index < -0.39 is 23.5 Å². The molecule has 1 saturated carbocycles. The van der Waals surface area contributed by atoms with Gasteiger partial charge >= 0.3 is 5.97 Å². The highest BCUT2D eigenvalue weighted by atomic mass is 19.2. The summed E-state index contributed by atoms with van der Waals surface area (Å²) in [6.07, 6.45) is 0.441. The van der Waals surface area contributed by atoms with Crippen LogP contribution in [0.25, 0.3) is 0 Å². The molecule has 1 aromatic rings. The molecule has 0 bridgehead atoms. The second-order valence-corrected chi connectivity index (χ2v) is 3.80. The van der Waals surface area contributed by atoms with E-state index in [1.54, 1.807) is 0 Å². The first-order valence-corrected chi connectivity index (χ1v) is 4.80. The van der Waals surface area contributed by atoms with Crippen molar-refractivity contribution in [2.45, 2.75) is 12.3 Å². The second kappa shape index (κ2) is 3.73. The van der Waals surface area contributed by atoms with Gasteiger partial charge in [0, 0.05) is 17.5 Å². The van der Waals surface area contributed by atoms with Crippen molar-refractivity contribution >= 4 is 5.97 Å². The van der Waals surface area contributed by atoms with E-state index in [9.17, 15) is 13.6 Å². The maximum absolute atomic E-state index is 13.0. The summed E-state index contributed by atoms with van der Waals surface area (Å²) >= 11 is 0. The lowest BCUT2D eigenvalue weighted by atomic mass is 10.1. The average molecular weight is 228 g/mol. The van der Waals surface area contributed by atoms with E-state index in [2.05, 4.69) is 0 Å². The van der Waals surface area contributed by atoms with Crippen molar-refractivity contribution in [3.05, 3.63) is 29.3 Å². The van der Waals surface area contributed by atoms with Gasteiger partial charge in [0.15, 0.2) is 11.6 Å². The SMILES string of the molecule is COc1cc(F)c(F)cc1[C@@H]1C[C@H]1C(=O)O. The summed E-state index contributed by atoms with van der Waals surface area (Å²) in [5.74, 6) is -3.48. The number of carboxylic acids is 1. The van der Waals surface area contributed by atoms with E-state index in [-0.39, 0.29) is 11.7 Å². The fourth-order valence-electron chi connectivity index (χ4n) is 1.82. The zero-order valence-corrected chi connectivity index (χ0v) is 8.54. The molecular formula is C11H10F2O3. The van der Waals surface area contributed by atoms with Gasteiger partial charge in [0.1, 0.15) is 5.75 Å². The van der Waals surface area contributed by atoms with Crippen LogP contribution in [-0.2, 0) is 4.79 Å². The van der Waals surface area contributed by atoms with Crippen LogP contribution < -0.4 is 4.74 Å². The van der Waals surface area contributed by atoms with Gasteiger partial charge < -0.3 is 9.84 Å². The maximum atomic E-state index is 13.0. The minimum Gasteiger partial charge on any atom is -0.496 e. The number of halogens is 2. The van der Waals surface area contributed by atoms with Crippen LogP contribution in [0, 0.1) is 17.6 Å². The van der Waals surface area contributed by atoms with E-state index >= 15 is 0 Å². The van der Waals surface area contributed by atoms with E-state index in [0.29, 0.717) is 12.0 Å². The first kappa shape index (κ1) is 10.9. The molecule has 0 unspecified atom stereocenters. The zero-order chi connectivity index (χ0) is 11.9. The molecule has 2 atom stereocenters. The molecule has 0 aromatic heterocycles. The van der Waals surface area contributed by atoms with Crippen molar-refractivity contribution in [1.29, 1.82) is 0 Å². The smallest absolute Gasteiger partial charge is 0.307 e. The third-order valence-electron chi connectivity index (χ3n) is 2.78. The van der Waals surface area contributed by atoms with Crippen LogP contribution in [0.15, 0.2) is 12.1 Å². The van der Waals surface area contributed by atoms with Gasteiger partial charge in [-0.25, -0.2) is 8.78 Å². The Morgan fingerprint density at radius 3 is 2.56 bits per heavy atom. The Kier molecular flexibility index (Phi) is 2.53. The van der Waals surface area contributed by atoms with Gasteiger partial charge in [0.05, 0.1) is 13.0 Å². The van der Waals surface area contributed by atoms with Crippen molar-refractivity contribution in [2.75, 3.05) is 7.11 Å². The summed E-state index contributed by atoms with van der Waals surface area (Å²) in [6.45, 7) is 0. The molecule has 2 rings (SSSR count). The highest BCUT2D eigenvalue weighted by Gasteiger charge is 2.45. The Morgan fingerprint density at radius 1 is 1.44 bits per heavy atom. The molecular weight excluding hydrogens is 218 g/mol. The van der Waals surface area contributed by atoms with E-state index in [0.717, 1.165) is 12.1 Å². The largest absolute Gasteiger partial charge is 0.496 e. The minimum atomic E-state index is -0.992. The molecule has 1 fully saturated rings. The van der Waals surface area contributed by atoms with Gasteiger partial charge in [0.2, 0.25) is 0 Å². The number of aliphatic carboxylic acids is 1. The Bertz CT molecular complexity index is 445. The van der Waals surface area contributed by atoms with Crippen molar-refractivity contribution in [2.24, 2.45) is 5.92 Å². The third-order valence-corrected chi connectivity index (χ3v) is 2.78. The Morgan fingerprint density at radius 2 is 2.06 bits per heavy atom. The number of rotatable bonds is 3. The molecule has 16 heavy (non-hydrogen) atoms. The fraction of sp³-hybridized carbons (Fsp3) is 0.364. The summed E-state index contributed by atoms with van der Waals surface area (Å²) in [5, 5.41) is 8.76. The predicted molar refractivity (Wildman–Crippen MR) is 51.4 cm³/mol. The topological polar surface area (TPSA) is 46.5 Å². The van der Waals surface area contributed by atoms with Crippen LogP contribution in [0.4, 0.5) is 8.78 Å². The first-order valence-electron chi connectivity index (χ1n) is 4.80. The number of carboxylic acid groups (broad SMARTS) is 1. The van der Waals surface area contributed by atoms with Crippen LogP contribution >= 0.6 is 0 Å². The molecule has 1 aliphatic rings. The molecule has 1 aromatic carbocycles. The highest BCUT2D eigenvalue weighted by molar-refractivity contribution is 5.75. The summed E-state index contributed by atoms with van der Waals surface area (Å²) in [7, 11) is 1.34. The quantitative estimate of drug-likeness (QED) is 0.862. The number of hydrogen-bond acceptors (Lipinski definition) is 2. The van der Waals surface area contributed by atoms with Crippen LogP contribution in [0.1, 0.15) is 17.9 Å². The monoisotopic (exact) mass is 228 g/mol. The molecule has 0 aliphatic heterocycles. The molecule has 1 N–H and O–H groups in total. The predicted octanol–water partition coefficient (Wildman–Crippen LogP) is 2.16.